The Morgan fingerprint density at radius 2 is 1.88 bits per heavy atom. The predicted molar refractivity (Wildman–Crippen MR) is 105 cm³/mol. The zero-order valence-corrected chi connectivity index (χ0v) is 15.1. The summed E-state index contributed by atoms with van der Waals surface area (Å²) in [4.78, 5) is 5.22. The number of anilines is 1. The average Bonchev–Trinajstić information content (AvgIpc) is 3.05. The third-order valence-corrected chi connectivity index (χ3v) is 4.96. The predicted octanol–water partition coefficient (Wildman–Crippen LogP) is 4.00. The third kappa shape index (κ3) is 3.76. The lowest BCUT2D eigenvalue weighted by Gasteiger charge is -2.23. The number of nitrogens with one attached hydrogen (secondary N) is 2. The van der Waals surface area contributed by atoms with Crippen molar-refractivity contribution in [1.82, 2.24) is 10.3 Å². The molecule has 0 radical (unpaired) electrons. The lowest BCUT2D eigenvalue weighted by molar-refractivity contribution is 0.0904. The summed E-state index contributed by atoms with van der Waals surface area (Å²) in [6, 6.07) is 10.9. The van der Waals surface area contributed by atoms with E-state index in [1.165, 1.54) is 12.1 Å². The SMILES string of the molecule is Fc1ccc(C2=C(c3ccnc(NC4CCOCC4)c3)NC(=S)C2)cc1. The molecule has 6 heteroatoms. The summed E-state index contributed by atoms with van der Waals surface area (Å²) in [5.41, 5.74) is 4.05. The number of pyridine rings is 1. The van der Waals surface area contributed by atoms with Crippen molar-refractivity contribution in [3.8, 4) is 0 Å². The highest BCUT2D eigenvalue weighted by Gasteiger charge is 2.22. The number of nitrogens with zero attached hydrogens (tertiary/aromatic N) is 1. The van der Waals surface area contributed by atoms with Gasteiger partial charge in [-0.05, 0) is 48.2 Å². The van der Waals surface area contributed by atoms with Gasteiger partial charge in [-0.15, -0.1) is 0 Å². The smallest absolute Gasteiger partial charge is 0.126 e. The molecule has 1 aromatic heterocycles. The van der Waals surface area contributed by atoms with Gasteiger partial charge >= 0.3 is 0 Å². The van der Waals surface area contributed by atoms with E-state index in [4.69, 9.17) is 17.0 Å². The summed E-state index contributed by atoms with van der Waals surface area (Å²) in [5, 5.41) is 6.80. The maximum absolute atomic E-state index is 13.3. The first-order chi connectivity index (χ1) is 12.7. The lowest BCUT2D eigenvalue weighted by Crippen LogP contribution is -2.28. The summed E-state index contributed by atoms with van der Waals surface area (Å²) in [5.74, 6) is 0.608. The van der Waals surface area contributed by atoms with Gasteiger partial charge in [0.05, 0.1) is 10.7 Å². The Morgan fingerprint density at radius 1 is 1.12 bits per heavy atom. The van der Waals surface area contributed by atoms with E-state index in [-0.39, 0.29) is 5.82 Å². The Labute approximate surface area is 157 Å². The van der Waals surface area contributed by atoms with Crippen molar-refractivity contribution in [2.24, 2.45) is 0 Å². The van der Waals surface area contributed by atoms with Gasteiger partial charge in [0.15, 0.2) is 0 Å². The van der Waals surface area contributed by atoms with Crippen LogP contribution in [0.15, 0.2) is 42.6 Å². The van der Waals surface area contributed by atoms with Gasteiger partial charge in [-0.2, -0.15) is 0 Å². The van der Waals surface area contributed by atoms with E-state index in [1.807, 2.05) is 12.1 Å². The first kappa shape index (κ1) is 17.1. The molecule has 4 nitrogen and oxygen atoms in total. The van der Waals surface area contributed by atoms with Crippen LogP contribution in [0.4, 0.5) is 10.2 Å². The molecule has 2 aliphatic rings. The number of hydrogen-bond acceptors (Lipinski definition) is 4. The standard InChI is InChI=1S/C20H20FN3OS/c21-15-3-1-13(2-4-15)17-12-19(26)24-20(17)14-5-8-22-18(11-14)23-16-6-9-25-10-7-16/h1-5,8,11,16H,6-7,9-10,12H2,(H,22,23)(H,24,26). The van der Waals surface area contributed by atoms with Gasteiger partial charge < -0.3 is 15.4 Å². The van der Waals surface area contributed by atoms with E-state index >= 15 is 0 Å². The van der Waals surface area contributed by atoms with E-state index in [0.717, 1.165) is 59.3 Å². The van der Waals surface area contributed by atoms with Crippen LogP contribution in [0.5, 0.6) is 0 Å². The molecule has 0 aliphatic carbocycles. The molecule has 1 saturated heterocycles. The molecule has 134 valence electrons. The van der Waals surface area contributed by atoms with E-state index in [0.29, 0.717) is 12.5 Å². The van der Waals surface area contributed by atoms with Gasteiger partial charge in [-0.25, -0.2) is 9.37 Å². The minimum absolute atomic E-state index is 0.240. The summed E-state index contributed by atoms with van der Waals surface area (Å²) in [6.45, 7) is 1.57. The Kier molecular flexibility index (Phi) is 4.95. The van der Waals surface area contributed by atoms with Crippen molar-refractivity contribution in [3.63, 3.8) is 0 Å². The molecule has 0 spiro atoms. The molecule has 0 saturated carbocycles. The van der Waals surface area contributed by atoms with Crippen LogP contribution >= 0.6 is 12.2 Å². The molecule has 1 fully saturated rings. The summed E-state index contributed by atoms with van der Waals surface area (Å²) in [6.07, 6.45) is 4.42. The Hall–Kier alpha value is -2.31. The fraction of sp³-hybridized carbons (Fsp3) is 0.300. The van der Waals surface area contributed by atoms with Crippen LogP contribution in [0.3, 0.4) is 0 Å². The van der Waals surface area contributed by atoms with Crippen molar-refractivity contribution < 1.29 is 9.13 Å². The van der Waals surface area contributed by atoms with Crippen LogP contribution < -0.4 is 10.6 Å². The van der Waals surface area contributed by atoms with E-state index in [2.05, 4.69) is 15.6 Å². The molecular formula is C20H20FN3OS. The average molecular weight is 369 g/mol. The first-order valence-corrected chi connectivity index (χ1v) is 9.19. The van der Waals surface area contributed by atoms with E-state index < -0.39 is 0 Å². The highest BCUT2D eigenvalue weighted by molar-refractivity contribution is 7.80. The van der Waals surface area contributed by atoms with Gasteiger partial charge in [0, 0.05) is 37.4 Å². The summed E-state index contributed by atoms with van der Waals surface area (Å²) >= 11 is 5.39. The van der Waals surface area contributed by atoms with Crippen molar-refractivity contribution >= 4 is 34.3 Å². The highest BCUT2D eigenvalue weighted by atomic mass is 32.1. The number of hydrogen-bond donors (Lipinski definition) is 2. The first-order valence-electron chi connectivity index (χ1n) is 8.79. The molecule has 2 aromatic rings. The Morgan fingerprint density at radius 3 is 2.65 bits per heavy atom. The van der Waals surface area contributed by atoms with Gasteiger partial charge in [0.25, 0.3) is 0 Å². The number of ether oxygens (including phenoxy) is 1. The highest BCUT2D eigenvalue weighted by Crippen LogP contribution is 2.33. The van der Waals surface area contributed by atoms with Crippen LogP contribution in [-0.2, 0) is 4.74 Å². The lowest BCUT2D eigenvalue weighted by atomic mass is 10.00. The van der Waals surface area contributed by atoms with Crippen molar-refractivity contribution in [2.45, 2.75) is 25.3 Å². The van der Waals surface area contributed by atoms with Crippen molar-refractivity contribution in [1.29, 1.82) is 0 Å². The maximum Gasteiger partial charge on any atom is 0.126 e. The van der Waals surface area contributed by atoms with Crippen LogP contribution in [0.2, 0.25) is 0 Å². The maximum atomic E-state index is 13.3. The second-order valence-corrected chi connectivity index (χ2v) is 7.04. The molecule has 1 aromatic carbocycles. The van der Waals surface area contributed by atoms with E-state index in [9.17, 15) is 4.39 Å². The molecule has 3 heterocycles. The second kappa shape index (κ2) is 7.51. The Bertz CT molecular complexity index is 844. The largest absolute Gasteiger partial charge is 0.381 e. The fourth-order valence-electron chi connectivity index (χ4n) is 3.37. The number of rotatable bonds is 4. The monoisotopic (exact) mass is 369 g/mol. The molecule has 2 aliphatic heterocycles. The molecule has 0 bridgehead atoms. The minimum atomic E-state index is -0.240. The summed E-state index contributed by atoms with van der Waals surface area (Å²) in [7, 11) is 0. The molecule has 4 rings (SSSR count). The number of halogens is 1. The third-order valence-electron chi connectivity index (χ3n) is 4.72. The van der Waals surface area contributed by atoms with Crippen LogP contribution in [0, 0.1) is 5.82 Å². The molecule has 0 atom stereocenters. The Balaban J connectivity index is 1.63. The number of thiocarbonyl (C=S) groups is 1. The quantitative estimate of drug-likeness (QED) is 0.798. The summed E-state index contributed by atoms with van der Waals surface area (Å²) < 4.78 is 18.7. The molecular weight excluding hydrogens is 349 g/mol. The second-order valence-electron chi connectivity index (χ2n) is 6.55. The number of aromatic nitrogens is 1. The van der Waals surface area contributed by atoms with Gasteiger partial charge in [0.1, 0.15) is 11.6 Å². The molecule has 26 heavy (non-hydrogen) atoms. The molecule has 2 N–H and O–H groups in total. The van der Waals surface area contributed by atoms with Crippen molar-refractivity contribution in [3.05, 3.63) is 59.5 Å². The van der Waals surface area contributed by atoms with Crippen LogP contribution in [0.1, 0.15) is 30.4 Å². The molecule has 0 amide bonds. The van der Waals surface area contributed by atoms with Crippen LogP contribution in [-0.4, -0.2) is 29.2 Å². The normalized spacial score (nSPS) is 18.1. The van der Waals surface area contributed by atoms with Gasteiger partial charge in [-0.1, -0.05) is 24.4 Å². The minimum Gasteiger partial charge on any atom is -0.381 e. The van der Waals surface area contributed by atoms with Crippen LogP contribution in [0.25, 0.3) is 11.3 Å². The van der Waals surface area contributed by atoms with Crippen molar-refractivity contribution in [2.75, 3.05) is 18.5 Å². The van der Waals surface area contributed by atoms with Gasteiger partial charge in [0.2, 0.25) is 0 Å². The molecule has 0 unspecified atom stereocenters. The fourth-order valence-corrected chi connectivity index (χ4v) is 3.61. The van der Waals surface area contributed by atoms with E-state index in [1.54, 1.807) is 18.3 Å². The topological polar surface area (TPSA) is 46.2 Å². The number of benzene rings is 1. The van der Waals surface area contributed by atoms with Gasteiger partial charge in [-0.3, -0.25) is 0 Å². The zero-order chi connectivity index (χ0) is 17.9. The zero-order valence-electron chi connectivity index (χ0n) is 14.3.